The average Bonchev–Trinajstić information content (AvgIpc) is 2.72. The lowest BCUT2D eigenvalue weighted by Crippen LogP contribution is -2.47. The van der Waals surface area contributed by atoms with E-state index >= 15 is 0 Å². The molecule has 4 nitrogen and oxygen atoms in total. The van der Waals surface area contributed by atoms with Crippen LogP contribution < -0.4 is 0 Å². The van der Waals surface area contributed by atoms with Crippen LogP contribution in [0.3, 0.4) is 0 Å². The number of likely N-dealkylation sites (tertiary alicyclic amines) is 1. The van der Waals surface area contributed by atoms with Gasteiger partial charge in [0.2, 0.25) is 0 Å². The van der Waals surface area contributed by atoms with Crippen molar-refractivity contribution in [3.8, 4) is 0 Å². The molecule has 0 saturated carbocycles. The number of hydrogen-bond acceptors (Lipinski definition) is 4. The Labute approximate surface area is 107 Å². The first-order chi connectivity index (χ1) is 8.76. The lowest BCUT2D eigenvalue weighted by molar-refractivity contribution is -0.152. The van der Waals surface area contributed by atoms with Crippen molar-refractivity contribution in [2.45, 2.75) is 37.8 Å². The summed E-state index contributed by atoms with van der Waals surface area (Å²) in [4.78, 5) is 17.8. The van der Waals surface area contributed by atoms with Crippen molar-refractivity contribution < 1.29 is 9.53 Å². The van der Waals surface area contributed by atoms with Crippen molar-refractivity contribution in [2.24, 2.45) is 0 Å². The monoisotopic (exact) mass is 246 g/mol. The molecule has 0 N–H and O–H groups in total. The number of pyridine rings is 1. The Balaban J connectivity index is 1.66. The van der Waals surface area contributed by atoms with Gasteiger partial charge in [-0.3, -0.25) is 14.7 Å². The Hall–Kier alpha value is -1.42. The Morgan fingerprint density at radius 1 is 1.33 bits per heavy atom. The number of aromatic nitrogens is 1. The van der Waals surface area contributed by atoms with E-state index in [0.29, 0.717) is 6.42 Å². The number of piperidine rings is 1. The van der Waals surface area contributed by atoms with E-state index in [9.17, 15) is 4.79 Å². The van der Waals surface area contributed by atoms with Gasteiger partial charge < -0.3 is 4.74 Å². The number of hydrogen-bond donors (Lipinski definition) is 0. The molecule has 4 heteroatoms. The van der Waals surface area contributed by atoms with Crippen LogP contribution in [0.1, 0.15) is 31.2 Å². The predicted octanol–water partition coefficient (Wildman–Crippen LogP) is 1.75. The average molecular weight is 246 g/mol. The van der Waals surface area contributed by atoms with Crippen molar-refractivity contribution >= 4 is 5.97 Å². The summed E-state index contributed by atoms with van der Waals surface area (Å²) < 4.78 is 5.56. The van der Waals surface area contributed by atoms with E-state index in [1.807, 2.05) is 24.5 Å². The molecule has 0 radical (unpaired) electrons. The molecular weight excluding hydrogens is 228 g/mol. The van der Waals surface area contributed by atoms with E-state index in [1.54, 1.807) is 0 Å². The molecule has 1 atom stereocenters. The van der Waals surface area contributed by atoms with Gasteiger partial charge in [0.05, 0.1) is 0 Å². The lowest BCUT2D eigenvalue weighted by atomic mass is 9.90. The van der Waals surface area contributed by atoms with Crippen molar-refractivity contribution in [3.63, 3.8) is 0 Å². The summed E-state index contributed by atoms with van der Waals surface area (Å²) in [6.45, 7) is 2.88. The number of rotatable bonds is 2. The second-order valence-electron chi connectivity index (χ2n) is 5.33. The zero-order valence-corrected chi connectivity index (χ0v) is 10.5. The van der Waals surface area contributed by atoms with Crippen LogP contribution in [0.5, 0.6) is 0 Å². The SMILES string of the molecule is O=C1CCC2(CCCN(Cc3ccncc3)C2)O1. The third kappa shape index (κ3) is 2.38. The van der Waals surface area contributed by atoms with Gasteiger partial charge in [-0.2, -0.15) is 0 Å². The van der Waals surface area contributed by atoms with Crippen molar-refractivity contribution in [2.75, 3.05) is 13.1 Å². The fraction of sp³-hybridized carbons (Fsp3) is 0.571. The molecule has 1 aromatic heterocycles. The smallest absolute Gasteiger partial charge is 0.306 e. The molecule has 2 saturated heterocycles. The van der Waals surface area contributed by atoms with Crippen LogP contribution in [-0.2, 0) is 16.1 Å². The molecule has 3 heterocycles. The van der Waals surface area contributed by atoms with Crippen molar-refractivity contribution in [1.82, 2.24) is 9.88 Å². The molecular formula is C14H18N2O2. The Bertz CT molecular complexity index is 435. The summed E-state index contributed by atoms with van der Waals surface area (Å²) in [5, 5.41) is 0. The molecule has 3 rings (SSSR count). The highest BCUT2D eigenvalue weighted by molar-refractivity contribution is 5.72. The molecule has 2 aliphatic rings. The maximum Gasteiger partial charge on any atom is 0.306 e. The maximum absolute atomic E-state index is 11.3. The van der Waals surface area contributed by atoms with Gasteiger partial charge in [0.25, 0.3) is 0 Å². The molecule has 0 amide bonds. The quantitative estimate of drug-likeness (QED) is 0.746. The molecule has 1 aromatic rings. The molecule has 0 aliphatic carbocycles. The van der Waals surface area contributed by atoms with Crippen LogP contribution in [0.15, 0.2) is 24.5 Å². The summed E-state index contributed by atoms with van der Waals surface area (Å²) in [5.74, 6) is -0.0271. The van der Waals surface area contributed by atoms with E-state index in [4.69, 9.17) is 4.74 Å². The van der Waals surface area contributed by atoms with Crippen LogP contribution in [0, 0.1) is 0 Å². The first kappa shape index (κ1) is 11.7. The summed E-state index contributed by atoms with van der Waals surface area (Å²) >= 11 is 0. The summed E-state index contributed by atoms with van der Waals surface area (Å²) in [7, 11) is 0. The van der Waals surface area contributed by atoms with Crippen molar-refractivity contribution in [1.29, 1.82) is 0 Å². The largest absolute Gasteiger partial charge is 0.458 e. The lowest BCUT2D eigenvalue weighted by Gasteiger charge is -2.39. The molecule has 2 aliphatic heterocycles. The maximum atomic E-state index is 11.3. The standard InChI is InChI=1S/C14H18N2O2/c17-13-2-6-14(18-13)5-1-9-16(11-14)10-12-3-7-15-8-4-12/h3-4,7-8H,1-2,5-6,9-11H2. The minimum absolute atomic E-state index is 0.0271. The minimum atomic E-state index is -0.192. The van der Waals surface area contributed by atoms with Crippen LogP contribution in [0.4, 0.5) is 0 Å². The number of carbonyl (C=O) groups excluding carboxylic acids is 1. The fourth-order valence-corrected chi connectivity index (χ4v) is 3.03. The van der Waals surface area contributed by atoms with Gasteiger partial charge in [-0.1, -0.05) is 0 Å². The Kier molecular flexibility index (Phi) is 3.04. The van der Waals surface area contributed by atoms with Gasteiger partial charge in [-0.05, 0) is 43.5 Å². The summed E-state index contributed by atoms with van der Waals surface area (Å²) in [6.07, 6.45) is 7.25. The second-order valence-corrected chi connectivity index (χ2v) is 5.33. The second kappa shape index (κ2) is 4.69. The number of carbonyl (C=O) groups is 1. The van der Waals surface area contributed by atoms with E-state index in [2.05, 4.69) is 9.88 Å². The highest BCUT2D eigenvalue weighted by Gasteiger charge is 2.43. The zero-order valence-electron chi connectivity index (χ0n) is 10.5. The van der Waals surface area contributed by atoms with E-state index in [0.717, 1.165) is 38.9 Å². The highest BCUT2D eigenvalue weighted by atomic mass is 16.6. The number of nitrogens with zero attached hydrogens (tertiary/aromatic N) is 2. The topological polar surface area (TPSA) is 42.4 Å². The molecule has 0 bridgehead atoms. The Morgan fingerprint density at radius 2 is 2.17 bits per heavy atom. The first-order valence-electron chi connectivity index (χ1n) is 6.59. The fourth-order valence-electron chi connectivity index (χ4n) is 3.03. The molecule has 18 heavy (non-hydrogen) atoms. The van der Waals surface area contributed by atoms with Crippen LogP contribution in [0.2, 0.25) is 0 Å². The predicted molar refractivity (Wildman–Crippen MR) is 66.8 cm³/mol. The van der Waals surface area contributed by atoms with Gasteiger partial charge >= 0.3 is 5.97 Å². The molecule has 1 spiro atoms. The number of esters is 1. The number of ether oxygens (including phenoxy) is 1. The van der Waals surface area contributed by atoms with Crippen LogP contribution in [-0.4, -0.2) is 34.5 Å². The van der Waals surface area contributed by atoms with Crippen LogP contribution >= 0.6 is 0 Å². The van der Waals surface area contributed by atoms with Gasteiger partial charge in [0.15, 0.2) is 0 Å². The van der Waals surface area contributed by atoms with Crippen molar-refractivity contribution in [3.05, 3.63) is 30.1 Å². The third-order valence-electron chi connectivity index (χ3n) is 3.89. The highest BCUT2D eigenvalue weighted by Crippen LogP contribution is 2.35. The van der Waals surface area contributed by atoms with Gasteiger partial charge in [-0.25, -0.2) is 0 Å². The summed E-state index contributed by atoms with van der Waals surface area (Å²) in [5.41, 5.74) is 1.08. The Morgan fingerprint density at radius 3 is 2.89 bits per heavy atom. The van der Waals surface area contributed by atoms with Gasteiger partial charge in [-0.15, -0.1) is 0 Å². The zero-order chi connectivity index (χ0) is 12.4. The first-order valence-corrected chi connectivity index (χ1v) is 6.59. The minimum Gasteiger partial charge on any atom is -0.458 e. The molecule has 0 aromatic carbocycles. The molecule has 1 unspecified atom stereocenters. The van der Waals surface area contributed by atoms with Gasteiger partial charge in [0.1, 0.15) is 5.60 Å². The van der Waals surface area contributed by atoms with E-state index < -0.39 is 0 Å². The summed E-state index contributed by atoms with van der Waals surface area (Å²) in [6, 6.07) is 4.09. The normalized spacial score (nSPS) is 28.6. The molecule has 96 valence electrons. The van der Waals surface area contributed by atoms with Crippen LogP contribution in [0.25, 0.3) is 0 Å². The molecule has 2 fully saturated rings. The third-order valence-corrected chi connectivity index (χ3v) is 3.89. The van der Waals surface area contributed by atoms with Gasteiger partial charge in [0, 0.05) is 31.9 Å². The van der Waals surface area contributed by atoms with E-state index in [-0.39, 0.29) is 11.6 Å². The van der Waals surface area contributed by atoms with E-state index in [1.165, 1.54) is 5.56 Å².